The molecule has 1 heterocycles. The molecule has 18 heavy (non-hydrogen) atoms. The van der Waals surface area contributed by atoms with E-state index >= 15 is 0 Å². The zero-order valence-corrected chi connectivity index (χ0v) is 11.1. The molecule has 4 nitrogen and oxygen atoms in total. The van der Waals surface area contributed by atoms with E-state index in [0.717, 1.165) is 6.42 Å². The highest BCUT2D eigenvalue weighted by molar-refractivity contribution is 6.42. The fourth-order valence-corrected chi connectivity index (χ4v) is 2.65. The molecule has 1 unspecified atom stereocenters. The first-order valence-corrected chi connectivity index (χ1v) is 6.42. The fourth-order valence-electron chi connectivity index (χ4n) is 2.32. The molecule has 0 spiro atoms. The Kier molecular flexibility index (Phi) is 4.00. The first kappa shape index (κ1) is 13.5. The minimum Gasteiger partial charge on any atom is -0.508 e. The zero-order chi connectivity index (χ0) is 13.3. The summed E-state index contributed by atoms with van der Waals surface area (Å²) in [6.07, 6.45) is 1.10. The second-order valence-corrected chi connectivity index (χ2v) is 5.37. The SMILES string of the molecule is NC(=O)CC1CN[C@@H](c2cc(Cl)c(Cl)cc2O)C1. The molecule has 2 atom stereocenters. The third kappa shape index (κ3) is 2.88. The number of phenolic OH excluding ortho intramolecular Hbond substituents is 1. The van der Waals surface area contributed by atoms with Crippen molar-refractivity contribution in [2.45, 2.75) is 18.9 Å². The predicted octanol–water partition coefficient (Wildman–Crippen LogP) is 2.22. The average molecular weight is 289 g/mol. The Hall–Kier alpha value is -0.970. The van der Waals surface area contributed by atoms with Gasteiger partial charge in [-0.3, -0.25) is 4.79 Å². The van der Waals surface area contributed by atoms with Gasteiger partial charge >= 0.3 is 0 Å². The number of halogens is 2. The van der Waals surface area contributed by atoms with Crippen molar-refractivity contribution in [3.05, 3.63) is 27.7 Å². The lowest BCUT2D eigenvalue weighted by atomic mass is 9.97. The Morgan fingerprint density at radius 3 is 2.78 bits per heavy atom. The number of amides is 1. The number of phenols is 1. The maximum absolute atomic E-state index is 10.9. The lowest BCUT2D eigenvalue weighted by Crippen LogP contribution is -2.18. The second kappa shape index (κ2) is 5.34. The van der Waals surface area contributed by atoms with Gasteiger partial charge in [-0.1, -0.05) is 23.2 Å². The van der Waals surface area contributed by atoms with Gasteiger partial charge in [-0.2, -0.15) is 0 Å². The van der Waals surface area contributed by atoms with Gasteiger partial charge in [-0.15, -0.1) is 0 Å². The van der Waals surface area contributed by atoms with Crippen molar-refractivity contribution >= 4 is 29.1 Å². The van der Waals surface area contributed by atoms with Crippen LogP contribution in [-0.2, 0) is 4.79 Å². The van der Waals surface area contributed by atoms with Crippen molar-refractivity contribution in [1.29, 1.82) is 0 Å². The Labute approximate surface area is 115 Å². The topological polar surface area (TPSA) is 75.4 Å². The van der Waals surface area contributed by atoms with Crippen molar-refractivity contribution in [3.63, 3.8) is 0 Å². The maximum Gasteiger partial charge on any atom is 0.217 e. The van der Waals surface area contributed by atoms with Crippen molar-refractivity contribution in [2.75, 3.05) is 6.54 Å². The van der Waals surface area contributed by atoms with E-state index in [9.17, 15) is 9.90 Å². The summed E-state index contributed by atoms with van der Waals surface area (Å²) in [5.41, 5.74) is 5.88. The second-order valence-electron chi connectivity index (χ2n) is 4.56. The highest BCUT2D eigenvalue weighted by Crippen LogP contribution is 2.38. The first-order chi connectivity index (χ1) is 8.47. The largest absolute Gasteiger partial charge is 0.508 e. The van der Waals surface area contributed by atoms with Crippen LogP contribution in [0.25, 0.3) is 0 Å². The van der Waals surface area contributed by atoms with Crippen molar-refractivity contribution in [3.8, 4) is 5.75 Å². The van der Waals surface area contributed by atoms with Crippen LogP contribution in [0.3, 0.4) is 0 Å². The molecular formula is C12H14Cl2N2O2. The third-order valence-electron chi connectivity index (χ3n) is 3.16. The van der Waals surface area contributed by atoms with Crippen molar-refractivity contribution in [1.82, 2.24) is 5.32 Å². The smallest absolute Gasteiger partial charge is 0.217 e. The minimum atomic E-state index is -0.305. The van der Waals surface area contributed by atoms with Crippen LogP contribution in [0.5, 0.6) is 5.75 Å². The molecule has 1 saturated heterocycles. The van der Waals surface area contributed by atoms with E-state index in [2.05, 4.69) is 5.32 Å². The number of primary amides is 1. The van der Waals surface area contributed by atoms with E-state index in [1.165, 1.54) is 6.07 Å². The van der Waals surface area contributed by atoms with Crippen LogP contribution in [0.1, 0.15) is 24.4 Å². The quantitative estimate of drug-likeness (QED) is 0.798. The van der Waals surface area contributed by atoms with Crippen LogP contribution in [0.2, 0.25) is 10.0 Å². The lowest BCUT2D eigenvalue weighted by Gasteiger charge is -2.14. The third-order valence-corrected chi connectivity index (χ3v) is 3.88. The van der Waals surface area contributed by atoms with Gasteiger partial charge in [0.25, 0.3) is 0 Å². The maximum atomic E-state index is 10.9. The summed E-state index contributed by atoms with van der Waals surface area (Å²) >= 11 is 11.8. The highest BCUT2D eigenvalue weighted by atomic mass is 35.5. The van der Waals surface area contributed by atoms with Crippen LogP contribution in [0.4, 0.5) is 0 Å². The molecule has 1 aliphatic rings. The summed E-state index contributed by atoms with van der Waals surface area (Å²) in [4.78, 5) is 10.9. The summed E-state index contributed by atoms with van der Waals surface area (Å²) < 4.78 is 0. The molecule has 2 rings (SSSR count). The number of nitrogens with two attached hydrogens (primary N) is 1. The molecule has 1 amide bonds. The minimum absolute atomic E-state index is 0.0240. The predicted molar refractivity (Wildman–Crippen MR) is 70.8 cm³/mol. The molecule has 98 valence electrons. The van der Waals surface area contributed by atoms with E-state index in [4.69, 9.17) is 28.9 Å². The molecule has 0 aromatic heterocycles. The number of aromatic hydroxyl groups is 1. The molecule has 1 aliphatic heterocycles. The molecule has 4 N–H and O–H groups in total. The van der Waals surface area contributed by atoms with Gasteiger partial charge in [0.15, 0.2) is 0 Å². The Balaban J connectivity index is 2.14. The molecule has 1 fully saturated rings. The molecule has 0 saturated carbocycles. The normalized spacial score (nSPS) is 23.2. The molecular weight excluding hydrogens is 275 g/mol. The number of nitrogens with one attached hydrogen (secondary N) is 1. The van der Waals surface area contributed by atoms with Crippen LogP contribution in [-0.4, -0.2) is 17.6 Å². The standard InChI is InChI=1S/C12H14Cl2N2O2/c13-8-3-7(11(17)4-9(8)14)10-1-6(5-16-10)2-12(15)18/h3-4,6,10,16-17H,1-2,5H2,(H2,15,18)/t6?,10-/m1/s1. The van der Waals surface area contributed by atoms with Gasteiger partial charge < -0.3 is 16.2 Å². The van der Waals surface area contributed by atoms with Gasteiger partial charge in [-0.25, -0.2) is 0 Å². The van der Waals surface area contributed by atoms with E-state index < -0.39 is 0 Å². The Morgan fingerprint density at radius 1 is 1.44 bits per heavy atom. The summed E-state index contributed by atoms with van der Waals surface area (Å²) in [7, 11) is 0. The van der Waals surface area contributed by atoms with E-state index in [1.54, 1.807) is 6.07 Å². The van der Waals surface area contributed by atoms with Gasteiger partial charge in [0, 0.05) is 24.1 Å². The lowest BCUT2D eigenvalue weighted by molar-refractivity contribution is -0.118. The number of carbonyl (C=O) groups is 1. The molecule has 1 aromatic rings. The van der Waals surface area contributed by atoms with Crippen molar-refractivity contribution < 1.29 is 9.90 Å². The van der Waals surface area contributed by atoms with Gasteiger partial charge in [0.1, 0.15) is 5.75 Å². The Morgan fingerprint density at radius 2 is 2.11 bits per heavy atom. The van der Waals surface area contributed by atoms with Gasteiger partial charge in [0.2, 0.25) is 5.91 Å². The molecule has 1 aromatic carbocycles. The number of benzene rings is 1. The molecule has 0 aliphatic carbocycles. The number of rotatable bonds is 3. The molecule has 6 heteroatoms. The average Bonchev–Trinajstić information content (AvgIpc) is 2.70. The van der Waals surface area contributed by atoms with E-state index in [-0.39, 0.29) is 23.6 Å². The Bertz CT molecular complexity index is 479. The van der Waals surface area contributed by atoms with Crippen molar-refractivity contribution in [2.24, 2.45) is 11.7 Å². The van der Waals surface area contributed by atoms with Crippen LogP contribution in [0.15, 0.2) is 12.1 Å². The summed E-state index contributed by atoms with van der Waals surface area (Å²) in [6, 6.07) is 3.07. The monoisotopic (exact) mass is 288 g/mol. The van der Waals surface area contributed by atoms with E-state index in [1.807, 2.05) is 0 Å². The molecule has 0 radical (unpaired) electrons. The highest BCUT2D eigenvalue weighted by Gasteiger charge is 2.28. The number of carbonyl (C=O) groups excluding carboxylic acids is 1. The van der Waals surface area contributed by atoms with Crippen LogP contribution in [0, 0.1) is 5.92 Å². The van der Waals surface area contributed by atoms with Crippen LogP contribution >= 0.6 is 23.2 Å². The number of hydrogen-bond donors (Lipinski definition) is 3. The zero-order valence-electron chi connectivity index (χ0n) is 9.62. The molecule has 0 bridgehead atoms. The summed E-state index contributed by atoms with van der Waals surface area (Å²) in [5.74, 6) is 0.00351. The van der Waals surface area contributed by atoms with E-state index in [0.29, 0.717) is 28.6 Å². The summed E-state index contributed by atoms with van der Waals surface area (Å²) in [5, 5.41) is 13.8. The summed E-state index contributed by atoms with van der Waals surface area (Å²) in [6.45, 7) is 0.702. The fraction of sp³-hybridized carbons (Fsp3) is 0.417. The van der Waals surface area contributed by atoms with Gasteiger partial charge in [0.05, 0.1) is 10.0 Å². The number of hydrogen-bond acceptors (Lipinski definition) is 3. The van der Waals surface area contributed by atoms with Crippen LogP contribution < -0.4 is 11.1 Å². The van der Waals surface area contributed by atoms with Gasteiger partial charge in [-0.05, 0) is 24.9 Å². The first-order valence-electron chi connectivity index (χ1n) is 5.67.